The summed E-state index contributed by atoms with van der Waals surface area (Å²) in [7, 11) is 0. The Morgan fingerprint density at radius 3 is 2.43 bits per heavy atom. The zero-order valence-electron chi connectivity index (χ0n) is 18.1. The number of hydrogen-bond acceptors (Lipinski definition) is 5. The molecule has 1 aliphatic heterocycles. The molecule has 28 heavy (non-hydrogen) atoms. The summed E-state index contributed by atoms with van der Waals surface area (Å²) in [5.41, 5.74) is 0.553. The van der Waals surface area contributed by atoms with Gasteiger partial charge in [-0.2, -0.15) is 0 Å². The molecule has 1 fully saturated rings. The maximum atomic E-state index is 12.7. The molecular formula is C22H35NO5. The number of amides is 1. The Morgan fingerprint density at radius 2 is 1.82 bits per heavy atom. The third-order valence-corrected chi connectivity index (χ3v) is 4.01. The Morgan fingerprint density at radius 1 is 1.14 bits per heavy atom. The summed E-state index contributed by atoms with van der Waals surface area (Å²) in [4.78, 5) is 14.4. The van der Waals surface area contributed by atoms with Crippen molar-refractivity contribution >= 4 is 6.09 Å². The summed E-state index contributed by atoms with van der Waals surface area (Å²) in [6.07, 6.45) is -0.828. The van der Waals surface area contributed by atoms with Crippen molar-refractivity contribution in [2.24, 2.45) is 5.41 Å². The Labute approximate surface area is 169 Å². The molecule has 0 radical (unpaired) electrons. The third-order valence-electron chi connectivity index (χ3n) is 4.01. The number of carbonyl (C=O) groups is 1. The van der Waals surface area contributed by atoms with Gasteiger partial charge in [-0.15, -0.1) is 0 Å². The first-order chi connectivity index (χ1) is 13.0. The lowest BCUT2D eigenvalue weighted by Gasteiger charge is -2.40. The van der Waals surface area contributed by atoms with Crippen LogP contribution in [0.15, 0.2) is 30.3 Å². The maximum absolute atomic E-state index is 12.7. The van der Waals surface area contributed by atoms with Crippen LogP contribution in [0.3, 0.4) is 0 Å². The lowest BCUT2D eigenvalue weighted by molar-refractivity contribution is -0.205. The van der Waals surface area contributed by atoms with Crippen LogP contribution in [0, 0.1) is 5.41 Å². The van der Waals surface area contributed by atoms with Gasteiger partial charge in [0.1, 0.15) is 5.60 Å². The van der Waals surface area contributed by atoms with Gasteiger partial charge in [-0.05, 0) is 31.7 Å². The quantitative estimate of drug-likeness (QED) is 0.724. The van der Waals surface area contributed by atoms with Crippen LogP contribution in [-0.2, 0) is 25.6 Å². The number of carbonyl (C=O) groups excluding carboxylic acids is 1. The average Bonchev–Trinajstić information content (AvgIpc) is 2.59. The molecule has 1 heterocycles. The van der Waals surface area contributed by atoms with Crippen LogP contribution < -0.4 is 0 Å². The van der Waals surface area contributed by atoms with E-state index in [0.29, 0.717) is 33.0 Å². The second-order valence-electron chi connectivity index (χ2n) is 9.42. The molecule has 0 bridgehead atoms. The highest BCUT2D eigenvalue weighted by Gasteiger charge is 2.36. The molecule has 0 N–H and O–H groups in total. The molecule has 0 spiro atoms. The van der Waals surface area contributed by atoms with Crippen LogP contribution in [0.5, 0.6) is 0 Å². The minimum atomic E-state index is -0.563. The Kier molecular flexibility index (Phi) is 7.87. The SMILES string of the molecule is CC(C)(C)COC1CN(C(=O)OC(C)(C)C)C(COCc2ccccc2)CO1. The van der Waals surface area contributed by atoms with E-state index in [1.165, 1.54) is 0 Å². The largest absolute Gasteiger partial charge is 0.444 e. The molecule has 1 saturated heterocycles. The Balaban J connectivity index is 1.96. The zero-order chi connectivity index (χ0) is 20.8. The number of nitrogens with zero attached hydrogens (tertiary/aromatic N) is 1. The second-order valence-corrected chi connectivity index (χ2v) is 9.42. The standard InChI is InChI=1S/C22H35NO5/c1-21(2,3)16-27-19-12-23(20(24)28-22(4,5)6)18(15-26-19)14-25-13-17-10-8-7-9-11-17/h7-11,18-19H,12-16H2,1-6H3. The topological polar surface area (TPSA) is 57.2 Å². The molecule has 0 saturated carbocycles. The van der Waals surface area contributed by atoms with E-state index in [9.17, 15) is 4.79 Å². The van der Waals surface area contributed by atoms with Gasteiger partial charge >= 0.3 is 6.09 Å². The van der Waals surface area contributed by atoms with Gasteiger partial charge in [0.25, 0.3) is 0 Å². The Bertz CT molecular complexity index is 606. The van der Waals surface area contributed by atoms with Gasteiger partial charge in [0.05, 0.1) is 39.0 Å². The normalized spacial score (nSPS) is 20.9. The van der Waals surface area contributed by atoms with Gasteiger partial charge < -0.3 is 18.9 Å². The highest BCUT2D eigenvalue weighted by atomic mass is 16.7. The van der Waals surface area contributed by atoms with Crippen molar-refractivity contribution in [1.82, 2.24) is 4.90 Å². The smallest absolute Gasteiger partial charge is 0.410 e. The maximum Gasteiger partial charge on any atom is 0.410 e. The lowest BCUT2D eigenvalue weighted by atomic mass is 9.99. The predicted octanol–water partition coefficient (Wildman–Crippen LogP) is 4.23. The molecule has 1 aromatic carbocycles. The first-order valence-corrected chi connectivity index (χ1v) is 9.88. The van der Waals surface area contributed by atoms with E-state index in [1.54, 1.807) is 4.90 Å². The molecule has 2 rings (SSSR count). The Hall–Kier alpha value is -1.63. The van der Waals surface area contributed by atoms with Crippen LogP contribution >= 0.6 is 0 Å². The number of ether oxygens (including phenoxy) is 4. The van der Waals surface area contributed by atoms with E-state index in [4.69, 9.17) is 18.9 Å². The summed E-state index contributed by atoms with van der Waals surface area (Å²) in [6, 6.07) is 9.74. The molecule has 1 aromatic rings. The van der Waals surface area contributed by atoms with Gasteiger partial charge in [0.15, 0.2) is 6.29 Å². The van der Waals surface area contributed by atoms with Crippen molar-refractivity contribution in [2.45, 2.75) is 66.1 Å². The number of morpholine rings is 1. The van der Waals surface area contributed by atoms with Crippen molar-refractivity contribution in [3.63, 3.8) is 0 Å². The van der Waals surface area contributed by atoms with Crippen molar-refractivity contribution < 1.29 is 23.7 Å². The van der Waals surface area contributed by atoms with Gasteiger partial charge in [-0.3, -0.25) is 4.90 Å². The van der Waals surface area contributed by atoms with Crippen molar-refractivity contribution in [3.05, 3.63) is 35.9 Å². The average molecular weight is 394 g/mol. The van der Waals surface area contributed by atoms with Crippen LogP contribution in [-0.4, -0.2) is 55.3 Å². The second kappa shape index (κ2) is 9.72. The van der Waals surface area contributed by atoms with Crippen LogP contribution in [0.4, 0.5) is 4.79 Å². The van der Waals surface area contributed by atoms with E-state index in [-0.39, 0.29) is 17.6 Å². The first-order valence-electron chi connectivity index (χ1n) is 9.88. The fourth-order valence-corrected chi connectivity index (χ4v) is 2.68. The molecule has 2 unspecified atom stereocenters. The highest BCUT2D eigenvalue weighted by molar-refractivity contribution is 5.68. The summed E-state index contributed by atoms with van der Waals surface area (Å²) < 4.78 is 23.2. The van der Waals surface area contributed by atoms with Crippen molar-refractivity contribution in [3.8, 4) is 0 Å². The van der Waals surface area contributed by atoms with E-state index in [1.807, 2.05) is 51.1 Å². The number of rotatable bonds is 6. The van der Waals surface area contributed by atoms with E-state index in [0.717, 1.165) is 5.56 Å². The van der Waals surface area contributed by atoms with Gasteiger partial charge in [-0.1, -0.05) is 51.1 Å². The summed E-state index contributed by atoms with van der Waals surface area (Å²) in [5, 5.41) is 0. The monoisotopic (exact) mass is 393 g/mol. The van der Waals surface area contributed by atoms with Gasteiger partial charge in [0.2, 0.25) is 0 Å². The molecular weight excluding hydrogens is 358 g/mol. The van der Waals surface area contributed by atoms with E-state index in [2.05, 4.69) is 20.8 Å². The minimum absolute atomic E-state index is 0.0236. The molecule has 1 aliphatic rings. The van der Waals surface area contributed by atoms with Crippen LogP contribution in [0.2, 0.25) is 0 Å². The minimum Gasteiger partial charge on any atom is -0.444 e. The fourth-order valence-electron chi connectivity index (χ4n) is 2.68. The van der Waals surface area contributed by atoms with Gasteiger partial charge in [0, 0.05) is 0 Å². The summed E-state index contributed by atoms with van der Waals surface area (Å²) in [5.74, 6) is 0. The molecule has 158 valence electrons. The number of benzene rings is 1. The predicted molar refractivity (Wildman–Crippen MR) is 108 cm³/mol. The molecule has 1 amide bonds. The van der Waals surface area contributed by atoms with Gasteiger partial charge in [-0.25, -0.2) is 4.79 Å². The number of hydrogen-bond donors (Lipinski definition) is 0. The van der Waals surface area contributed by atoms with Crippen molar-refractivity contribution in [2.75, 3.05) is 26.4 Å². The third kappa shape index (κ3) is 8.17. The molecule has 2 atom stereocenters. The van der Waals surface area contributed by atoms with E-state index < -0.39 is 11.9 Å². The first kappa shape index (κ1) is 22.7. The molecule has 0 aromatic heterocycles. The fraction of sp³-hybridized carbons (Fsp3) is 0.682. The zero-order valence-corrected chi connectivity index (χ0v) is 18.1. The molecule has 0 aliphatic carbocycles. The molecule has 6 heteroatoms. The molecule has 6 nitrogen and oxygen atoms in total. The van der Waals surface area contributed by atoms with Crippen molar-refractivity contribution in [1.29, 1.82) is 0 Å². The summed E-state index contributed by atoms with van der Waals surface area (Å²) >= 11 is 0. The summed E-state index contributed by atoms with van der Waals surface area (Å²) in [6.45, 7) is 14.0. The van der Waals surface area contributed by atoms with E-state index >= 15 is 0 Å². The lowest BCUT2D eigenvalue weighted by Crippen LogP contribution is -2.56. The van der Waals surface area contributed by atoms with Crippen LogP contribution in [0.25, 0.3) is 0 Å². The highest BCUT2D eigenvalue weighted by Crippen LogP contribution is 2.21. The van der Waals surface area contributed by atoms with Crippen LogP contribution in [0.1, 0.15) is 47.1 Å².